The van der Waals surface area contributed by atoms with Crippen LogP contribution in [0.1, 0.15) is 22.3 Å². The maximum absolute atomic E-state index is 14.0. The van der Waals surface area contributed by atoms with Crippen molar-refractivity contribution in [2.24, 2.45) is 0 Å². The molecule has 0 spiro atoms. The summed E-state index contributed by atoms with van der Waals surface area (Å²) >= 11 is 0. The number of halogens is 6. The van der Waals surface area contributed by atoms with E-state index in [0.717, 1.165) is 0 Å². The van der Waals surface area contributed by atoms with E-state index in [-0.39, 0.29) is 5.56 Å². The number of carbonyl (C=O) groups is 1. The molecular weight excluding hydrogens is 350 g/mol. The summed E-state index contributed by atoms with van der Waals surface area (Å²) in [6, 6.07) is 9.18. The molecule has 0 bridgehead atoms. The molecule has 0 aliphatic carbocycles. The van der Waals surface area contributed by atoms with E-state index in [4.69, 9.17) is 0 Å². The molecule has 0 radical (unpaired) electrons. The van der Waals surface area contributed by atoms with Gasteiger partial charge in [0.25, 0.3) is 0 Å². The largest absolute Gasteiger partial charge is 0.456 e. The minimum Gasteiger partial charge on any atom is -0.378 e. The predicted octanol–water partition coefficient (Wildman–Crippen LogP) is 4.48. The van der Waals surface area contributed by atoms with E-state index in [2.05, 4.69) is 0 Å². The van der Waals surface area contributed by atoms with Crippen LogP contribution in [0.3, 0.4) is 0 Å². The highest BCUT2D eigenvalue weighted by atomic mass is 19.4. The highest BCUT2D eigenvalue weighted by Gasteiger charge is 2.70. The minimum absolute atomic E-state index is 0.138. The number of ketones is 1. The molecule has 2 rings (SSSR count). The van der Waals surface area contributed by atoms with Crippen molar-refractivity contribution >= 4 is 5.78 Å². The molecule has 1 atom stereocenters. The Labute approximate surface area is 138 Å². The van der Waals surface area contributed by atoms with Crippen LogP contribution in [-0.2, 0) is 5.60 Å². The fourth-order valence-electron chi connectivity index (χ4n) is 2.31. The minimum atomic E-state index is -6.12. The maximum atomic E-state index is 14.0. The standard InChI is InChI=1S/C17H12F6O2/c18-13-8-6-12(7-9-13)15(25,16(19,20)17(21,22)23)10-14(24)11-4-2-1-3-5-11/h1-9,25H,10H2/t15-/m0/s1. The summed E-state index contributed by atoms with van der Waals surface area (Å²) in [5, 5.41) is 10.3. The molecule has 0 unspecified atom stereocenters. The molecule has 25 heavy (non-hydrogen) atoms. The van der Waals surface area contributed by atoms with Crippen molar-refractivity contribution < 1.29 is 36.2 Å². The number of rotatable bonds is 5. The number of aliphatic hydroxyl groups is 1. The second kappa shape index (κ2) is 6.51. The molecule has 0 fully saturated rings. The van der Waals surface area contributed by atoms with E-state index < -0.39 is 41.3 Å². The van der Waals surface area contributed by atoms with Crippen molar-refractivity contribution in [3.8, 4) is 0 Å². The van der Waals surface area contributed by atoms with Crippen LogP contribution in [0.2, 0.25) is 0 Å². The van der Waals surface area contributed by atoms with Gasteiger partial charge in [-0.2, -0.15) is 22.0 Å². The SMILES string of the molecule is O=C(C[C@](O)(c1ccc(F)cc1)C(F)(F)C(F)(F)F)c1ccccc1. The molecule has 0 aliphatic rings. The van der Waals surface area contributed by atoms with Gasteiger partial charge in [-0.15, -0.1) is 0 Å². The van der Waals surface area contributed by atoms with E-state index in [1.54, 1.807) is 0 Å². The molecule has 134 valence electrons. The van der Waals surface area contributed by atoms with Gasteiger partial charge in [-0.3, -0.25) is 4.79 Å². The molecular formula is C17H12F6O2. The molecule has 0 amide bonds. The molecule has 0 aliphatic heterocycles. The first-order chi connectivity index (χ1) is 11.5. The zero-order valence-corrected chi connectivity index (χ0v) is 12.5. The van der Waals surface area contributed by atoms with Crippen LogP contribution in [-0.4, -0.2) is 23.0 Å². The fraction of sp³-hybridized carbons (Fsp3) is 0.235. The third kappa shape index (κ3) is 3.53. The Balaban J connectivity index is 2.53. The number of Topliss-reactive ketones (excluding diaryl/α,β-unsaturated/α-hetero) is 1. The summed E-state index contributed by atoms with van der Waals surface area (Å²) in [7, 11) is 0. The lowest BCUT2D eigenvalue weighted by Crippen LogP contribution is -2.55. The number of hydrogen-bond donors (Lipinski definition) is 1. The first-order valence-electron chi connectivity index (χ1n) is 7.00. The highest BCUT2D eigenvalue weighted by Crippen LogP contribution is 2.50. The fourth-order valence-corrected chi connectivity index (χ4v) is 2.31. The average molecular weight is 362 g/mol. The zero-order valence-electron chi connectivity index (χ0n) is 12.5. The number of alkyl halides is 5. The molecule has 0 saturated heterocycles. The lowest BCUT2D eigenvalue weighted by atomic mass is 9.81. The smallest absolute Gasteiger partial charge is 0.378 e. The summed E-state index contributed by atoms with van der Waals surface area (Å²) in [6.07, 6.45) is -7.65. The predicted molar refractivity (Wildman–Crippen MR) is 76.7 cm³/mol. The van der Waals surface area contributed by atoms with Gasteiger partial charge in [-0.25, -0.2) is 4.39 Å². The van der Waals surface area contributed by atoms with Gasteiger partial charge in [-0.1, -0.05) is 42.5 Å². The maximum Gasteiger partial charge on any atom is 0.456 e. The summed E-state index contributed by atoms with van der Waals surface area (Å²) in [5.41, 5.74) is -4.94. The van der Waals surface area contributed by atoms with Gasteiger partial charge in [0.1, 0.15) is 5.82 Å². The Morgan fingerprint density at radius 1 is 0.880 bits per heavy atom. The first-order valence-corrected chi connectivity index (χ1v) is 7.00. The Kier molecular flexibility index (Phi) is 4.94. The molecule has 0 heterocycles. The van der Waals surface area contributed by atoms with Gasteiger partial charge in [0.2, 0.25) is 0 Å². The third-order valence-electron chi connectivity index (χ3n) is 3.71. The summed E-state index contributed by atoms with van der Waals surface area (Å²) in [6.45, 7) is 0. The second-order valence-electron chi connectivity index (χ2n) is 5.41. The second-order valence-corrected chi connectivity index (χ2v) is 5.41. The van der Waals surface area contributed by atoms with Crippen molar-refractivity contribution in [1.82, 2.24) is 0 Å². The van der Waals surface area contributed by atoms with E-state index in [1.165, 1.54) is 30.3 Å². The van der Waals surface area contributed by atoms with E-state index in [0.29, 0.717) is 24.3 Å². The lowest BCUT2D eigenvalue weighted by Gasteiger charge is -2.36. The molecule has 2 nitrogen and oxygen atoms in total. The van der Waals surface area contributed by atoms with Gasteiger partial charge in [0, 0.05) is 5.56 Å². The monoisotopic (exact) mass is 362 g/mol. The van der Waals surface area contributed by atoms with E-state index in [9.17, 15) is 36.2 Å². The molecule has 2 aromatic carbocycles. The summed E-state index contributed by atoms with van der Waals surface area (Å²) in [5.74, 6) is -7.64. The van der Waals surface area contributed by atoms with Gasteiger partial charge < -0.3 is 5.11 Å². The molecule has 0 aromatic heterocycles. The van der Waals surface area contributed by atoms with Crippen molar-refractivity contribution in [3.63, 3.8) is 0 Å². The molecule has 2 aromatic rings. The van der Waals surface area contributed by atoms with Gasteiger partial charge in [0.15, 0.2) is 11.4 Å². The Morgan fingerprint density at radius 3 is 1.88 bits per heavy atom. The normalized spacial score (nSPS) is 14.8. The van der Waals surface area contributed by atoms with Crippen LogP contribution < -0.4 is 0 Å². The van der Waals surface area contributed by atoms with Crippen LogP contribution in [0.5, 0.6) is 0 Å². The quantitative estimate of drug-likeness (QED) is 0.629. The van der Waals surface area contributed by atoms with Crippen molar-refractivity contribution in [1.29, 1.82) is 0 Å². The third-order valence-corrected chi connectivity index (χ3v) is 3.71. The first kappa shape index (κ1) is 19.0. The van der Waals surface area contributed by atoms with Gasteiger partial charge in [0.05, 0.1) is 6.42 Å². The topological polar surface area (TPSA) is 37.3 Å². The zero-order chi connectivity index (χ0) is 18.9. The molecule has 1 N–H and O–H groups in total. The van der Waals surface area contributed by atoms with Crippen LogP contribution in [0.4, 0.5) is 26.3 Å². The Bertz CT molecular complexity index is 740. The van der Waals surface area contributed by atoms with E-state index in [1.807, 2.05) is 0 Å². The van der Waals surface area contributed by atoms with Crippen molar-refractivity contribution in [3.05, 3.63) is 71.5 Å². The average Bonchev–Trinajstić information content (AvgIpc) is 2.55. The van der Waals surface area contributed by atoms with Crippen molar-refractivity contribution in [2.75, 3.05) is 0 Å². The highest BCUT2D eigenvalue weighted by molar-refractivity contribution is 5.96. The Morgan fingerprint density at radius 2 is 1.40 bits per heavy atom. The van der Waals surface area contributed by atoms with E-state index >= 15 is 0 Å². The van der Waals surface area contributed by atoms with Crippen LogP contribution in [0, 0.1) is 5.82 Å². The molecule has 0 saturated carbocycles. The molecule has 8 heteroatoms. The van der Waals surface area contributed by atoms with Crippen LogP contribution in [0.15, 0.2) is 54.6 Å². The lowest BCUT2D eigenvalue weighted by molar-refractivity contribution is -0.345. The number of hydrogen-bond acceptors (Lipinski definition) is 2. The van der Waals surface area contributed by atoms with Gasteiger partial charge >= 0.3 is 12.1 Å². The Hall–Kier alpha value is -2.35. The van der Waals surface area contributed by atoms with Gasteiger partial charge in [-0.05, 0) is 17.7 Å². The number of carbonyl (C=O) groups excluding carboxylic acids is 1. The number of benzene rings is 2. The van der Waals surface area contributed by atoms with Crippen LogP contribution >= 0.6 is 0 Å². The summed E-state index contributed by atoms with van der Waals surface area (Å²) in [4.78, 5) is 12.1. The van der Waals surface area contributed by atoms with Crippen molar-refractivity contribution in [2.45, 2.75) is 24.1 Å². The summed E-state index contributed by atoms with van der Waals surface area (Å²) < 4.78 is 79.6. The van der Waals surface area contributed by atoms with Crippen LogP contribution in [0.25, 0.3) is 0 Å².